The maximum Gasteiger partial charge on any atom is 0.0534 e. The van der Waals surface area contributed by atoms with Gasteiger partial charge in [0.15, 0.2) is 0 Å². The van der Waals surface area contributed by atoms with E-state index in [9.17, 15) is 0 Å². The van der Waals surface area contributed by atoms with Gasteiger partial charge < -0.3 is 10.2 Å². The molecule has 1 fully saturated rings. The summed E-state index contributed by atoms with van der Waals surface area (Å²) in [6.45, 7) is 6.77. The Hall–Kier alpha value is -0.870. The molecular weight excluding hydrogens is 212 g/mol. The van der Waals surface area contributed by atoms with Gasteiger partial charge in [0.05, 0.1) is 6.54 Å². The van der Waals surface area contributed by atoms with Gasteiger partial charge in [-0.15, -0.1) is 0 Å². The summed E-state index contributed by atoms with van der Waals surface area (Å²) in [6.07, 6.45) is 6.55. The molecule has 2 atom stereocenters. The third-order valence-electron chi connectivity index (χ3n) is 3.73. The first-order chi connectivity index (χ1) is 8.25. The van der Waals surface area contributed by atoms with Crippen molar-refractivity contribution in [1.29, 1.82) is 0 Å². The van der Waals surface area contributed by atoms with Gasteiger partial charge in [-0.1, -0.05) is 0 Å². The predicted molar refractivity (Wildman–Crippen MR) is 69.9 cm³/mol. The SMILES string of the molecule is CC(NCCn1cccn1)C1CCCN(C)C1. The van der Waals surface area contributed by atoms with E-state index in [0.717, 1.165) is 19.0 Å². The highest BCUT2D eigenvalue weighted by atomic mass is 15.3. The van der Waals surface area contributed by atoms with Crippen LogP contribution in [0.1, 0.15) is 19.8 Å². The van der Waals surface area contributed by atoms with Crippen LogP contribution in [0.2, 0.25) is 0 Å². The monoisotopic (exact) mass is 236 g/mol. The van der Waals surface area contributed by atoms with Crippen molar-refractivity contribution in [2.24, 2.45) is 5.92 Å². The molecular formula is C13H24N4. The molecule has 1 aliphatic heterocycles. The van der Waals surface area contributed by atoms with Crippen LogP contribution in [-0.2, 0) is 6.54 Å². The van der Waals surface area contributed by atoms with Crippen LogP contribution >= 0.6 is 0 Å². The summed E-state index contributed by atoms with van der Waals surface area (Å²) in [6, 6.07) is 2.58. The molecule has 2 heterocycles. The zero-order valence-corrected chi connectivity index (χ0v) is 11.0. The van der Waals surface area contributed by atoms with Gasteiger partial charge in [0.1, 0.15) is 0 Å². The molecule has 0 spiro atoms. The molecule has 4 heteroatoms. The molecule has 2 unspecified atom stereocenters. The van der Waals surface area contributed by atoms with Gasteiger partial charge in [-0.25, -0.2) is 0 Å². The number of nitrogens with zero attached hydrogens (tertiary/aromatic N) is 3. The minimum absolute atomic E-state index is 0.605. The smallest absolute Gasteiger partial charge is 0.0534 e. The zero-order chi connectivity index (χ0) is 12.1. The van der Waals surface area contributed by atoms with Crippen molar-refractivity contribution in [3.63, 3.8) is 0 Å². The lowest BCUT2D eigenvalue weighted by Crippen LogP contribution is -2.43. The Balaban J connectivity index is 1.68. The van der Waals surface area contributed by atoms with Crippen LogP contribution in [-0.4, -0.2) is 47.4 Å². The fourth-order valence-electron chi connectivity index (χ4n) is 2.62. The molecule has 1 N–H and O–H groups in total. The summed E-state index contributed by atoms with van der Waals surface area (Å²) < 4.78 is 1.98. The maximum atomic E-state index is 4.21. The summed E-state index contributed by atoms with van der Waals surface area (Å²) in [5.74, 6) is 0.798. The summed E-state index contributed by atoms with van der Waals surface area (Å²) in [5.41, 5.74) is 0. The first kappa shape index (κ1) is 12.6. The second-order valence-corrected chi connectivity index (χ2v) is 5.18. The summed E-state index contributed by atoms with van der Waals surface area (Å²) in [7, 11) is 2.22. The van der Waals surface area contributed by atoms with E-state index in [1.54, 1.807) is 0 Å². The van der Waals surface area contributed by atoms with Crippen LogP contribution in [0.25, 0.3) is 0 Å². The van der Waals surface area contributed by atoms with E-state index in [0.29, 0.717) is 6.04 Å². The zero-order valence-electron chi connectivity index (χ0n) is 11.0. The second-order valence-electron chi connectivity index (χ2n) is 5.18. The third kappa shape index (κ3) is 3.82. The van der Waals surface area contributed by atoms with E-state index in [1.165, 1.54) is 25.9 Å². The predicted octanol–water partition coefficient (Wildman–Crippen LogP) is 1.20. The highest BCUT2D eigenvalue weighted by Crippen LogP contribution is 2.18. The number of aromatic nitrogens is 2. The molecule has 1 aromatic rings. The van der Waals surface area contributed by atoms with Crippen molar-refractivity contribution in [3.8, 4) is 0 Å². The Kier molecular flexibility index (Phi) is 4.57. The number of rotatable bonds is 5. The highest BCUT2D eigenvalue weighted by molar-refractivity contribution is 4.80. The molecule has 4 nitrogen and oxygen atoms in total. The number of piperidine rings is 1. The van der Waals surface area contributed by atoms with Gasteiger partial charge in [-0.05, 0) is 45.3 Å². The van der Waals surface area contributed by atoms with Gasteiger partial charge in [0.25, 0.3) is 0 Å². The second kappa shape index (κ2) is 6.17. The first-order valence-corrected chi connectivity index (χ1v) is 6.65. The Morgan fingerprint density at radius 1 is 1.53 bits per heavy atom. The molecule has 1 saturated heterocycles. The van der Waals surface area contributed by atoms with Gasteiger partial charge in [-0.2, -0.15) is 5.10 Å². The lowest BCUT2D eigenvalue weighted by Gasteiger charge is -2.34. The molecule has 96 valence electrons. The topological polar surface area (TPSA) is 33.1 Å². The van der Waals surface area contributed by atoms with E-state index in [-0.39, 0.29) is 0 Å². The van der Waals surface area contributed by atoms with Crippen LogP contribution in [0, 0.1) is 5.92 Å². The van der Waals surface area contributed by atoms with Crippen molar-refractivity contribution in [2.75, 3.05) is 26.7 Å². The van der Waals surface area contributed by atoms with Gasteiger partial charge >= 0.3 is 0 Å². The summed E-state index contributed by atoms with van der Waals surface area (Å²) in [4.78, 5) is 2.44. The van der Waals surface area contributed by atoms with Crippen molar-refractivity contribution in [1.82, 2.24) is 20.0 Å². The van der Waals surface area contributed by atoms with Crippen molar-refractivity contribution < 1.29 is 0 Å². The Bertz CT molecular complexity index is 309. The fraction of sp³-hybridized carbons (Fsp3) is 0.769. The minimum Gasteiger partial charge on any atom is -0.312 e. The third-order valence-corrected chi connectivity index (χ3v) is 3.73. The number of nitrogens with one attached hydrogen (secondary N) is 1. The normalized spacial score (nSPS) is 23.8. The molecule has 0 amide bonds. The van der Waals surface area contributed by atoms with E-state index in [4.69, 9.17) is 0 Å². The molecule has 0 aliphatic carbocycles. The molecule has 2 rings (SSSR count). The molecule has 0 bridgehead atoms. The van der Waals surface area contributed by atoms with E-state index >= 15 is 0 Å². The Morgan fingerprint density at radius 2 is 2.41 bits per heavy atom. The number of hydrogen-bond donors (Lipinski definition) is 1. The van der Waals surface area contributed by atoms with Crippen LogP contribution in [0.5, 0.6) is 0 Å². The van der Waals surface area contributed by atoms with Gasteiger partial charge in [-0.3, -0.25) is 4.68 Å². The fourth-order valence-corrected chi connectivity index (χ4v) is 2.62. The lowest BCUT2D eigenvalue weighted by atomic mass is 9.92. The summed E-state index contributed by atoms with van der Waals surface area (Å²) in [5, 5.41) is 7.83. The van der Waals surface area contributed by atoms with Crippen molar-refractivity contribution >= 4 is 0 Å². The van der Waals surface area contributed by atoms with Crippen LogP contribution in [0.15, 0.2) is 18.5 Å². The largest absolute Gasteiger partial charge is 0.312 e. The first-order valence-electron chi connectivity index (χ1n) is 6.65. The molecule has 17 heavy (non-hydrogen) atoms. The molecule has 0 aromatic carbocycles. The molecule has 0 radical (unpaired) electrons. The van der Waals surface area contributed by atoms with E-state index < -0.39 is 0 Å². The van der Waals surface area contributed by atoms with Crippen LogP contribution in [0.3, 0.4) is 0 Å². The molecule has 1 aromatic heterocycles. The average molecular weight is 236 g/mol. The quantitative estimate of drug-likeness (QED) is 0.834. The van der Waals surface area contributed by atoms with Crippen molar-refractivity contribution in [3.05, 3.63) is 18.5 Å². The van der Waals surface area contributed by atoms with E-state index in [1.807, 2.05) is 23.1 Å². The van der Waals surface area contributed by atoms with E-state index in [2.05, 4.69) is 29.3 Å². The van der Waals surface area contributed by atoms with Gasteiger partial charge in [0.2, 0.25) is 0 Å². The molecule has 0 saturated carbocycles. The summed E-state index contributed by atoms with van der Waals surface area (Å²) >= 11 is 0. The van der Waals surface area contributed by atoms with Crippen molar-refractivity contribution in [2.45, 2.75) is 32.4 Å². The van der Waals surface area contributed by atoms with Crippen LogP contribution < -0.4 is 5.32 Å². The number of hydrogen-bond acceptors (Lipinski definition) is 3. The minimum atomic E-state index is 0.605. The average Bonchev–Trinajstić information content (AvgIpc) is 2.82. The van der Waals surface area contributed by atoms with Gasteiger partial charge in [0, 0.05) is 31.5 Å². The maximum absolute atomic E-state index is 4.21. The standard InChI is InChI=1S/C13H24N4/c1-12(13-5-3-8-16(2)11-13)14-7-10-17-9-4-6-15-17/h4,6,9,12-14H,3,5,7-8,10-11H2,1-2H3. The molecule has 1 aliphatic rings. The lowest BCUT2D eigenvalue weighted by molar-refractivity contribution is 0.178. The Labute approximate surface area is 104 Å². The van der Waals surface area contributed by atoms with Crippen LogP contribution in [0.4, 0.5) is 0 Å². The number of likely N-dealkylation sites (tertiary alicyclic amines) is 1. The Morgan fingerprint density at radius 3 is 3.12 bits per heavy atom. The highest BCUT2D eigenvalue weighted by Gasteiger charge is 2.21.